The van der Waals surface area contributed by atoms with Gasteiger partial charge in [-0.25, -0.2) is 0 Å². The number of amides is 1. The molecule has 0 fully saturated rings. The van der Waals surface area contributed by atoms with Crippen LogP contribution in [0.15, 0.2) is 27.1 Å². The van der Waals surface area contributed by atoms with Gasteiger partial charge in [0.2, 0.25) is 5.91 Å². The van der Waals surface area contributed by atoms with Crippen molar-refractivity contribution < 1.29 is 14.6 Å². The molecule has 138 valence electrons. The molecule has 1 aromatic heterocycles. The smallest absolute Gasteiger partial charge is 0.358 e. The van der Waals surface area contributed by atoms with Crippen LogP contribution in [-0.4, -0.2) is 25.5 Å². The van der Waals surface area contributed by atoms with Crippen LogP contribution in [0.5, 0.6) is 0 Å². The Balaban J connectivity index is 2.15. The van der Waals surface area contributed by atoms with E-state index in [1.54, 1.807) is 13.8 Å². The Bertz CT molecular complexity index is 875. The first kappa shape index (κ1) is 20.0. The minimum atomic E-state index is -0.598. The van der Waals surface area contributed by atoms with Crippen molar-refractivity contribution in [2.24, 2.45) is 5.92 Å². The van der Waals surface area contributed by atoms with Crippen LogP contribution in [0, 0.1) is 33.1 Å². The standard InChI is InChI=1S/C14H13Br2N5O5/c1-7(6-19-8(2)3-12(18-19)21(25)26)14(22)17-13-10(15)4-9(20(23)24)5-11(13)16/h3-5,7H,6H2,1-2H3,(H,17,22). The molecule has 26 heavy (non-hydrogen) atoms. The third-order valence-corrected chi connectivity index (χ3v) is 4.79. The number of halogens is 2. The summed E-state index contributed by atoms with van der Waals surface area (Å²) in [7, 11) is 0. The Morgan fingerprint density at radius 3 is 2.27 bits per heavy atom. The first-order valence-corrected chi connectivity index (χ1v) is 8.82. The van der Waals surface area contributed by atoms with Crippen LogP contribution in [0.25, 0.3) is 0 Å². The fourth-order valence-corrected chi connectivity index (χ4v) is 3.50. The van der Waals surface area contributed by atoms with E-state index in [2.05, 4.69) is 42.3 Å². The van der Waals surface area contributed by atoms with Crippen LogP contribution in [-0.2, 0) is 11.3 Å². The fraction of sp³-hybridized carbons (Fsp3) is 0.286. The van der Waals surface area contributed by atoms with Gasteiger partial charge in [-0.05, 0) is 43.7 Å². The van der Waals surface area contributed by atoms with Gasteiger partial charge in [-0.2, -0.15) is 4.68 Å². The maximum Gasteiger partial charge on any atom is 0.390 e. The quantitative estimate of drug-likeness (QED) is 0.483. The second-order valence-corrected chi connectivity index (χ2v) is 7.22. The molecule has 1 N–H and O–H groups in total. The highest BCUT2D eigenvalue weighted by molar-refractivity contribution is 9.11. The van der Waals surface area contributed by atoms with Crippen LogP contribution < -0.4 is 5.32 Å². The van der Waals surface area contributed by atoms with Crippen molar-refractivity contribution in [3.8, 4) is 0 Å². The normalized spacial score (nSPS) is 11.8. The zero-order valence-electron chi connectivity index (χ0n) is 13.6. The Kier molecular flexibility index (Phi) is 6.08. The van der Waals surface area contributed by atoms with E-state index in [0.29, 0.717) is 20.3 Å². The van der Waals surface area contributed by atoms with E-state index in [-0.39, 0.29) is 24.0 Å². The van der Waals surface area contributed by atoms with Gasteiger partial charge in [-0.3, -0.25) is 14.9 Å². The van der Waals surface area contributed by atoms with Gasteiger partial charge in [0.15, 0.2) is 0 Å². The second kappa shape index (κ2) is 7.91. The number of carbonyl (C=O) groups excluding carboxylic acids is 1. The Morgan fingerprint density at radius 1 is 1.23 bits per heavy atom. The predicted octanol–water partition coefficient (Wildman–Crippen LogP) is 3.81. The molecule has 10 nitrogen and oxygen atoms in total. The highest BCUT2D eigenvalue weighted by atomic mass is 79.9. The SMILES string of the molecule is Cc1cc([N+](=O)[O-])nn1CC(C)C(=O)Nc1c(Br)cc([N+](=O)[O-])cc1Br. The first-order chi connectivity index (χ1) is 12.1. The molecule has 0 aliphatic carbocycles. The molecule has 0 saturated heterocycles. The number of nitro groups is 2. The summed E-state index contributed by atoms with van der Waals surface area (Å²) in [6.45, 7) is 3.46. The van der Waals surface area contributed by atoms with Crippen molar-refractivity contribution in [1.29, 1.82) is 0 Å². The predicted molar refractivity (Wildman–Crippen MR) is 99.9 cm³/mol. The summed E-state index contributed by atoms with van der Waals surface area (Å²) < 4.78 is 2.09. The van der Waals surface area contributed by atoms with Crippen LogP contribution in [0.1, 0.15) is 12.6 Å². The summed E-state index contributed by atoms with van der Waals surface area (Å²) in [5.41, 5.74) is 0.791. The topological polar surface area (TPSA) is 133 Å². The van der Waals surface area contributed by atoms with Gasteiger partial charge in [0.25, 0.3) is 5.69 Å². The molecule has 1 aromatic carbocycles. The minimum Gasteiger partial charge on any atom is -0.358 e. The minimum absolute atomic E-state index is 0.130. The number of nitro benzene ring substituents is 1. The largest absolute Gasteiger partial charge is 0.390 e. The van der Waals surface area contributed by atoms with Gasteiger partial charge in [0.05, 0.1) is 39.9 Å². The Morgan fingerprint density at radius 2 is 1.81 bits per heavy atom. The average molecular weight is 491 g/mol. The summed E-state index contributed by atoms with van der Waals surface area (Å²) >= 11 is 6.40. The van der Waals surface area contributed by atoms with E-state index in [0.717, 1.165) is 0 Å². The molecule has 12 heteroatoms. The van der Waals surface area contributed by atoms with Gasteiger partial charge in [-0.15, -0.1) is 0 Å². The molecule has 0 spiro atoms. The summed E-state index contributed by atoms with van der Waals surface area (Å²) in [4.78, 5) is 32.9. The number of non-ortho nitro benzene ring substituents is 1. The number of aryl methyl sites for hydroxylation is 1. The monoisotopic (exact) mass is 489 g/mol. The van der Waals surface area contributed by atoms with Crippen LogP contribution in [0.2, 0.25) is 0 Å². The van der Waals surface area contributed by atoms with E-state index in [1.807, 2.05) is 0 Å². The van der Waals surface area contributed by atoms with E-state index >= 15 is 0 Å². The van der Waals surface area contributed by atoms with E-state index < -0.39 is 15.8 Å². The number of anilines is 1. The lowest BCUT2D eigenvalue weighted by Crippen LogP contribution is -2.25. The third-order valence-electron chi connectivity index (χ3n) is 3.54. The highest BCUT2D eigenvalue weighted by Gasteiger charge is 2.22. The molecular weight excluding hydrogens is 478 g/mol. The van der Waals surface area contributed by atoms with Gasteiger partial charge >= 0.3 is 5.82 Å². The number of nitrogens with zero attached hydrogens (tertiary/aromatic N) is 4. The molecule has 2 rings (SSSR count). The van der Waals surface area contributed by atoms with Gasteiger partial charge in [-0.1, -0.05) is 6.92 Å². The molecular formula is C14H13Br2N5O5. The number of aromatic nitrogens is 2. The number of rotatable bonds is 6. The Labute approximate surface area is 164 Å². The molecule has 0 aliphatic heterocycles. The van der Waals surface area contributed by atoms with Gasteiger partial charge < -0.3 is 15.4 Å². The summed E-state index contributed by atoms with van der Waals surface area (Å²) in [6.07, 6.45) is 0. The molecule has 1 amide bonds. The number of nitrogens with one attached hydrogen (secondary N) is 1. The van der Waals surface area contributed by atoms with Crippen LogP contribution in [0.4, 0.5) is 17.2 Å². The lowest BCUT2D eigenvalue weighted by molar-refractivity contribution is -0.389. The van der Waals surface area contributed by atoms with Gasteiger partial charge in [0, 0.05) is 21.1 Å². The summed E-state index contributed by atoms with van der Waals surface area (Å²) in [5.74, 6) is -1.20. The number of carbonyl (C=O) groups is 1. The zero-order chi connectivity index (χ0) is 19.6. The van der Waals surface area contributed by atoms with Crippen LogP contribution >= 0.6 is 31.9 Å². The van der Waals surface area contributed by atoms with Crippen molar-refractivity contribution in [1.82, 2.24) is 9.78 Å². The third kappa shape index (κ3) is 4.43. The summed E-state index contributed by atoms with van der Waals surface area (Å²) in [6, 6.07) is 3.90. The lowest BCUT2D eigenvalue weighted by Gasteiger charge is -2.14. The second-order valence-electron chi connectivity index (χ2n) is 5.51. The zero-order valence-corrected chi connectivity index (χ0v) is 16.8. The highest BCUT2D eigenvalue weighted by Crippen LogP contribution is 2.35. The molecule has 0 saturated carbocycles. The molecule has 0 aliphatic rings. The van der Waals surface area contributed by atoms with Crippen molar-refractivity contribution in [3.05, 3.63) is 53.1 Å². The fourth-order valence-electron chi connectivity index (χ4n) is 2.14. The molecule has 0 radical (unpaired) electrons. The first-order valence-electron chi connectivity index (χ1n) is 7.23. The maximum atomic E-state index is 12.4. The van der Waals surface area contributed by atoms with E-state index in [1.165, 1.54) is 22.9 Å². The average Bonchev–Trinajstić information content (AvgIpc) is 2.91. The summed E-state index contributed by atoms with van der Waals surface area (Å²) in [5, 5.41) is 28.2. The number of benzene rings is 1. The van der Waals surface area contributed by atoms with E-state index in [4.69, 9.17) is 0 Å². The molecule has 1 atom stereocenters. The van der Waals surface area contributed by atoms with Crippen LogP contribution in [0.3, 0.4) is 0 Å². The van der Waals surface area contributed by atoms with Crippen molar-refractivity contribution >= 4 is 55.0 Å². The van der Waals surface area contributed by atoms with Crippen molar-refractivity contribution in [3.63, 3.8) is 0 Å². The maximum absolute atomic E-state index is 12.4. The molecule has 1 heterocycles. The molecule has 1 unspecified atom stereocenters. The Hall–Kier alpha value is -2.34. The number of hydrogen-bond acceptors (Lipinski definition) is 6. The molecule has 2 aromatic rings. The number of hydrogen-bond donors (Lipinski definition) is 1. The van der Waals surface area contributed by atoms with E-state index in [9.17, 15) is 25.0 Å². The van der Waals surface area contributed by atoms with Gasteiger partial charge in [0.1, 0.15) is 0 Å². The van der Waals surface area contributed by atoms with Crippen molar-refractivity contribution in [2.45, 2.75) is 20.4 Å². The molecule has 0 bridgehead atoms. The van der Waals surface area contributed by atoms with Crippen molar-refractivity contribution in [2.75, 3.05) is 5.32 Å². The lowest BCUT2D eigenvalue weighted by atomic mass is 10.1.